The second-order valence-corrected chi connectivity index (χ2v) is 6.70. The molecule has 0 amide bonds. The van der Waals surface area contributed by atoms with E-state index in [1.807, 2.05) is 0 Å². The number of hydrogen-bond acceptors (Lipinski definition) is 2. The highest BCUT2D eigenvalue weighted by Crippen LogP contribution is 2.37. The molecule has 21 heavy (non-hydrogen) atoms. The van der Waals surface area contributed by atoms with Gasteiger partial charge in [0, 0.05) is 12.2 Å². The minimum absolute atomic E-state index is 0.604. The van der Waals surface area contributed by atoms with E-state index in [0.717, 1.165) is 0 Å². The van der Waals surface area contributed by atoms with Crippen molar-refractivity contribution in [3.05, 3.63) is 47.2 Å². The van der Waals surface area contributed by atoms with Crippen molar-refractivity contribution in [2.75, 3.05) is 27.2 Å². The summed E-state index contributed by atoms with van der Waals surface area (Å²) in [7, 11) is 4.34. The van der Waals surface area contributed by atoms with Crippen LogP contribution in [-0.2, 0) is 0 Å². The molecular formula is C19H28N2. The van der Waals surface area contributed by atoms with Crippen LogP contribution in [0.4, 0.5) is 0 Å². The second kappa shape index (κ2) is 6.65. The van der Waals surface area contributed by atoms with E-state index in [0.29, 0.717) is 6.04 Å². The molecule has 1 aliphatic heterocycles. The first kappa shape index (κ1) is 14.6. The molecule has 3 aliphatic rings. The van der Waals surface area contributed by atoms with Gasteiger partial charge in [-0.2, -0.15) is 0 Å². The summed E-state index contributed by atoms with van der Waals surface area (Å²) in [5, 5.41) is 0. The summed E-state index contributed by atoms with van der Waals surface area (Å²) in [6.45, 7) is 2.35. The third-order valence-corrected chi connectivity index (χ3v) is 4.89. The quantitative estimate of drug-likeness (QED) is 0.772. The molecule has 0 radical (unpaired) electrons. The molecule has 1 heterocycles. The van der Waals surface area contributed by atoms with Crippen LogP contribution in [0, 0.1) is 0 Å². The Kier molecular flexibility index (Phi) is 4.64. The summed E-state index contributed by atoms with van der Waals surface area (Å²) in [5.41, 5.74) is 4.88. The van der Waals surface area contributed by atoms with Crippen LogP contribution < -0.4 is 0 Å². The fourth-order valence-corrected chi connectivity index (χ4v) is 3.79. The molecule has 3 rings (SSSR count). The predicted octanol–water partition coefficient (Wildman–Crippen LogP) is 3.89. The highest BCUT2D eigenvalue weighted by Gasteiger charge is 2.28. The first-order valence-electron chi connectivity index (χ1n) is 8.41. The predicted molar refractivity (Wildman–Crippen MR) is 90.1 cm³/mol. The average Bonchev–Trinajstić information content (AvgIpc) is 2.65. The van der Waals surface area contributed by atoms with Crippen molar-refractivity contribution in [3.8, 4) is 0 Å². The summed E-state index contributed by atoms with van der Waals surface area (Å²) in [5.74, 6) is 0. The van der Waals surface area contributed by atoms with Crippen LogP contribution >= 0.6 is 0 Å². The molecule has 0 bridgehead atoms. The molecule has 0 N–H and O–H groups in total. The van der Waals surface area contributed by atoms with Crippen LogP contribution in [0.25, 0.3) is 0 Å². The van der Waals surface area contributed by atoms with Crippen LogP contribution in [0.1, 0.15) is 38.5 Å². The SMILES string of the molecule is CN(C)CCCN1C2=C(CCC=C2)CCC2=CC=CCC21. The van der Waals surface area contributed by atoms with E-state index < -0.39 is 0 Å². The Morgan fingerprint density at radius 2 is 2.10 bits per heavy atom. The number of nitrogens with zero attached hydrogens (tertiary/aromatic N) is 2. The minimum Gasteiger partial charge on any atom is -0.364 e. The van der Waals surface area contributed by atoms with Crippen LogP contribution in [0.5, 0.6) is 0 Å². The van der Waals surface area contributed by atoms with Crippen LogP contribution in [0.3, 0.4) is 0 Å². The second-order valence-electron chi connectivity index (χ2n) is 6.70. The van der Waals surface area contributed by atoms with E-state index in [1.54, 1.807) is 16.8 Å². The number of rotatable bonds is 4. The number of fused-ring (bicyclic) bond motifs is 1. The van der Waals surface area contributed by atoms with E-state index in [4.69, 9.17) is 0 Å². The maximum absolute atomic E-state index is 2.71. The molecule has 2 heteroatoms. The maximum Gasteiger partial charge on any atom is 0.0540 e. The van der Waals surface area contributed by atoms with Crippen molar-refractivity contribution in [3.63, 3.8) is 0 Å². The van der Waals surface area contributed by atoms with Crippen molar-refractivity contribution in [1.82, 2.24) is 9.80 Å². The van der Waals surface area contributed by atoms with Crippen molar-refractivity contribution >= 4 is 0 Å². The lowest BCUT2D eigenvalue weighted by atomic mass is 9.93. The van der Waals surface area contributed by atoms with E-state index in [9.17, 15) is 0 Å². The van der Waals surface area contributed by atoms with Gasteiger partial charge in [-0.1, -0.05) is 24.3 Å². The van der Waals surface area contributed by atoms with E-state index in [-0.39, 0.29) is 0 Å². The Morgan fingerprint density at radius 3 is 2.95 bits per heavy atom. The molecule has 2 nitrogen and oxygen atoms in total. The lowest BCUT2D eigenvalue weighted by Crippen LogP contribution is -2.37. The normalized spacial score (nSPS) is 24.8. The zero-order chi connectivity index (χ0) is 14.7. The summed E-state index contributed by atoms with van der Waals surface area (Å²) >= 11 is 0. The van der Waals surface area contributed by atoms with Crippen molar-refractivity contribution in [2.24, 2.45) is 0 Å². The molecule has 0 fully saturated rings. The smallest absolute Gasteiger partial charge is 0.0540 e. The number of allylic oxidation sites excluding steroid dienone is 5. The lowest BCUT2D eigenvalue weighted by molar-refractivity contribution is 0.266. The fourth-order valence-electron chi connectivity index (χ4n) is 3.79. The van der Waals surface area contributed by atoms with Gasteiger partial charge < -0.3 is 9.80 Å². The molecule has 1 atom stereocenters. The standard InChI is InChI=1S/C19H28N2/c1-20(2)14-7-15-21-18-10-5-3-8-16(18)12-13-17-9-4-6-11-19(17)21/h3,5-6,8,11,18H,4,7,9-10,12-15H2,1-2H3. The summed E-state index contributed by atoms with van der Waals surface area (Å²) in [6.07, 6.45) is 19.2. The summed E-state index contributed by atoms with van der Waals surface area (Å²) < 4.78 is 0. The molecule has 0 aromatic heterocycles. The van der Waals surface area contributed by atoms with E-state index in [1.165, 1.54) is 51.6 Å². The van der Waals surface area contributed by atoms with Gasteiger partial charge in [0.1, 0.15) is 0 Å². The molecule has 0 saturated heterocycles. The first-order valence-corrected chi connectivity index (χ1v) is 8.41. The lowest BCUT2D eigenvalue weighted by Gasteiger charge is -2.37. The molecule has 0 spiro atoms. The Hall–Kier alpha value is -1.28. The maximum atomic E-state index is 2.71. The van der Waals surface area contributed by atoms with Gasteiger partial charge in [-0.3, -0.25) is 0 Å². The molecule has 1 unspecified atom stereocenters. The largest absolute Gasteiger partial charge is 0.364 e. The molecule has 0 aromatic carbocycles. The Labute approximate surface area is 129 Å². The molecular weight excluding hydrogens is 256 g/mol. The Bertz CT molecular complexity index is 494. The van der Waals surface area contributed by atoms with Crippen LogP contribution in [0.15, 0.2) is 47.2 Å². The van der Waals surface area contributed by atoms with E-state index in [2.05, 4.69) is 54.3 Å². The highest BCUT2D eigenvalue weighted by atomic mass is 15.2. The number of hydrogen-bond donors (Lipinski definition) is 0. The van der Waals surface area contributed by atoms with Gasteiger partial charge in [-0.25, -0.2) is 0 Å². The third kappa shape index (κ3) is 3.32. The zero-order valence-electron chi connectivity index (χ0n) is 13.5. The van der Waals surface area contributed by atoms with Gasteiger partial charge in [0.05, 0.1) is 6.04 Å². The monoisotopic (exact) mass is 284 g/mol. The third-order valence-electron chi connectivity index (χ3n) is 4.89. The van der Waals surface area contributed by atoms with Crippen molar-refractivity contribution < 1.29 is 0 Å². The van der Waals surface area contributed by atoms with Crippen LogP contribution in [0.2, 0.25) is 0 Å². The minimum atomic E-state index is 0.604. The summed E-state index contributed by atoms with van der Waals surface area (Å²) in [6, 6.07) is 0.604. The topological polar surface area (TPSA) is 6.48 Å². The average molecular weight is 284 g/mol. The summed E-state index contributed by atoms with van der Waals surface area (Å²) in [4.78, 5) is 5.00. The van der Waals surface area contributed by atoms with Gasteiger partial charge in [-0.05, 0) is 76.4 Å². The van der Waals surface area contributed by atoms with Gasteiger partial charge in [-0.15, -0.1) is 0 Å². The van der Waals surface area contributed by atoms with Gasteiger partial charge in [0.15, 0.2) is 0 Å². The van der Waals surface area contributed by atoms with Crippen LogP contribution in [-0.4, -0.2) is 43.0 Å². The molecule has 114 valence electrons. The van der Waals surface area contributed by atoms with Crippen molar-refractivity contribution in [1.29, 1.82) is 0 Å². The molecule has 2 aliphatic carbocycles. The highest BCUT2D eigenvalue weighted by molar-refractivity contribution is 5.36. The molecule has 0 saturated carbocycles. The fraction of sp³-hybridized carbons (Fsp3) is 0.579. The van der Waals surface area contributed by atoms with Gasteiger partial charge in [0.2, 0.25) is 0 Å². The van der Waals surface area contributed by atoms with E-state index >= 15 is 0 Å². The molecule has 0 aromatic rings. The van der Waals surface area contributed by atoms with Crippen molar-refractivity contribution in [2.45, 2.75) is 44.6 Å². The Morgan fingerprint density at radius 1 is 1.19 bits per heavy atom. The van der Waals surface area contributed by atoms with Gasteiger partial charge in [0.25, 0.3) is 0 Å². The Balaban J connectivity index is 1.83. The first-order chi connectivity index (χ1) is 10.3. The van der Waals surface area contributed by atoms with Gasteiger partial charge >= 0.3 is 0 Å². The zero-order valence-corrected chi connectivity index (χ0v) is 13.5.